The molecule has 16 heavy (non-hydrogen) atoms. The predicted octanol–water partition coefficient (Wildman–Crippen LogP) is 1.33. The number of nitrogens with two attached hydrogens (primary N) is 1. The van der Waals surface area contributed by atoms with Crippen molar-refractivity contribution in [3.63, 3.8) is 0 Å². The Morgan fingerprint density at radius 1 is 1.44 bits per heavy atom. The summed E-state index contributed by atoms with van der Waals surface area (Å²) < 4.78 is 2.01. The monoisotopic (exact) mass is 225 g/mol. The van der Waals surface area contributed by atoms with E-state index >= 15 is 0 Å². The second-order valence-corrected chi connectivity index (χ2v) is 5.18. The van der Waals surface area contributed by atoms with E-state index in [0.29, 0.717) is 12.5 Å². The van der Waals surface area contributed by atoms with Gasteiger partial charge in [-0.05, 0) is 46.6 Å². The van der Waals surface area contributed by atoms with Gasteiger partial charge in [0, 0.05) is 17.3 Å². The Hall–Kier alpha value is -0.870. The molecular weight excluding hydrogens is 202 g/mol. The third-order valence-electron chi connectivity index (χ3n) is 2.91. The molecule has 0 aliphatic carbocycles. The van der Waals surface area contributed by atoms with Crippen molar-refractivity contribution < 1.29 is 5.11 Å². The molecule has 0 aliphatic rings. The minimum Gasteiger partial charge on any atom is -0.394 e. The van der Waals surface area contributed by atoms with Crippen LogP contribution in [0.5, 0.6) is 0 Å². The molecule has 1 rings (SSSR count). The number of hydrogen-bond acceptors (Lipinski definition) is 3. The molecule has 0 spiro atoms. The van der Waals surface area contributed by atoms with Crippen molar-refractivity contribution in [2.75, 3.05) is 6.61 Å². The Morgan fingerprint density at radius 2 is 2.00 bits per heavy atom. The third-order valence-corrected chi connectivity index (χ3v) is 2.91. The van der Waals surface area contributed by atoms with Crippen LogP contribution in [0.15, 0.2) is 0 Å². The van der Waals surface area contributed by atoms with E-state index in [4.69, 9.17) is 5.73 Å². The molecular formula is C12H23N3O. The molecule has 0 bridgehead atoms. The van der Waals surface area contributed by atoms with E-state index in [1.54, 1.807) is 0 Å². The van der Waals surface area contributed by atoms with E-state index < -0.39 is 5.54 Å². The first-order valence-corrected chi connectivity index (χ1v) is 5.73. The van der Waals surface area contributed by atoms with E-state index in [0.717, 1.165) is 17.0 Å². The highest BCUT2D eigenvalue weighted by molar-refractivity contribution is 5.27. The van der Waals surface area contributed by atoms with Crippen LogP contribution in [0.2, 0.25) is 0 Å². The van der Waals surface area contributed by atoms with Crippen LogP contribution < -0.4 is 5.73 Å². The largest absolute Gasteiger partial charge is 0.394 e. The van der Waals surface area contributed by atoms with Gasteiger partial charge in [-0.1, -0.05) is 0 Å². The number of aliphatic hydroxyl groups excluding tert-OH is 1. The van der Waals surface area contributed by atoms with Crippen molar-refractivity contribution in [3.05, 3.63) is 17.0 Å². The maximum atomic E-state index is 9.20. The standard InChI is InChI=1S/C12H23N3O/c1-8(2)15-10(4)11(9(3)14-15)6-12(5,13)7-16/h8,16H,6-7,13H2,1-5H3. The van der Waals surface area contributed by atoms with Gasteiger partial charge in [0.05, 0.1) is 12.3 Å². The fourth-order valence-corrected chi connectivity index (χ4v) is 1.92. The highest BCUT2D eigenvalue weighted by atomic mass is 16.3. The zero-order chi connectivity index (χ0) is 12.5. The summed E-state index contributed by atoms with van der Waals surface area (Å²) in [7, 11) is 0. The Kier molecular flexibility index (Phi) is 3.76. The fraction of sp³-hybridized carbons (Fsp3) is 0.750. The lowest BCUT2D eigenvalue weighted by atomic mass is 9.94. The first kappa shape index (κ1) is 13.2. The molecule has 3 N–H and O–H groups in total. The third kappa shape index (κ3) is 2.62. The van der Waals surface area contributed by atoms with Gasteiger partial charge in [0.25, 0.3) is 0 Å². The summed E-state index contributed by atoms with van der Waals surface area (Å²) in [4.78, 5) is 0. The van der Waals surface area contributed by atoms with Crippen LogP contribution in [-0.4, -0.2) is 27.0 Å². The van der Waals surface area contributed by atoms with Crippen LogP contribution in [0.1, 0.15) is 43.8 Å². The number of hydrogen-bond donors (Lipinski definition) is 2. The molecule has 0 fully saturated rings. The second-order valence-electron chi connectivity index (χ2n) is 5.18. The predicted molar refractivity (Wildman–Crippen MR) is 65.5 cm³/mol. The Balaban J connectivity index is 3.06. The normalized spacial score (nSPS) is 15.5. The molecule has 1 heterocycles. The summed E-state index contributed by atoms with van der Waals surface area (Å²) in [5, 5.41) is 13.7. The molecule has 4 heteroatoms. The first-order chi connectivity index (χ1) is 7.28. The Bertz CT molecular complexity index is 367. The summed E-state index contributed by atoms with van der Waals surface area (Å²) in [5.41, 5.74) is 8.74. The summed E-state index contributed by atoms with van der Waals surface area (Å²) >= 11 is 0. The van der Waals surface area contributed by atoms with Crippen molar-refractivity contribution in [3.8, 4) is 0 Å². The molecule has 1 aromatic heterocycles. The number of aliphatic hydroxyl groups is 1. The van der Waals surface area contributed by atoms with E-state index in [-0.39, 0.29) is 6.61 Å². The summed E-state index contributed by atoms with van der Waals surface area (Å²) in [5.74, 6) is 0. The van der Waals surface area contributed by atoms with Crippen molar-refractivity contribution in [2.45, 2.75) is 52.6 Å². The van der Waals surface area contributed by atoms with Crippen LogP contribution in [0, 0.1) is 13.8 Å². The number of nitrogens with zero attached hydrogens (tertiary/aromatic N) is 2. The Labute approximate surface area is 97.5 Å². The van der Waals surface area contributed by atoms with E-state index in [9.17, 15) is 5.11 Å². The topological polar surface area (TPSA) is 64.1 Å². The van der Waals surface area contributed by atoms with Gasteiger partial charge in [-0.3, -0.25) is 4.68 Å². The molecule has 0 aliphatic heterocycles. The summed E-state index contributed by atoms with van der Waals surface area (Å²) in [6.45, 7) is 10.1. The minimum absolute atomic E-state index is 0.0151. The zero-order valence-electron chi connectivity index (χ0n) is 10.9. The van der Waals surface area contributed by atoms with Crippen molar-refractivity contribution in [1.29, 1.82) is 0 Å². The molecule has 1 unspecified atom stereocenters. The first-order valence-electron chi connectivity index (χ1n) is 5.73. The lowest BCUT2D eigenvalue weighted by Gasteiger charge is -2.21. The van der Waals surface area contributed by atoms with Gasteiger partial charge >= 0.3 is 0 Å². The van der Waals surface area contributed by atoms with Gasteiger partial charge in [0.15, 0.2) is 0 Å². The highest BCUT2D eigenvalue weighted by Gasteiger charge is 2.23. The fourth-order valence-electron chi connectivity index (χ4n) is 1.92. The van der Waals surface area contributed by atoms with Crippen LogP contribution >= 0.6 is 0 Å². The lowest BCUT2D eigenvalue weighted by Crippen LogP contribution is -2.42. The lowest BCUT2D eigenvalue weighted by molar-refractivity contribution is 0.208. The van der Waals surface area contributed by atoms with Crippen molar-refractivity contribution >= 4 is 0 Å². The van der Waals surface area contributed by atoms with E-state index in [1.165, 1.54) is 0 Å². The zero-order valence-corrected chi connectivity index (χ0v) is 10.9. The molecule has 0 radical (unpaired) electrons. The number of aromatic nitrogens is 2. The SMILES string of the molecule is Cc1nn(C(C)C)c(C)c1CC(C)(N)CO. The van der Waals surface area contributed by atoms with Gasteiger partial charge < -0.3 is 10.8 Å². The van der Waals surface area contributed by atoms with Gasteiger partial charge in [-0.25, -0.2) is 0 Å². The molecule has 92 valence electrons. The minimum atomic E-state index is -0.569. The highest BCUT2D eigenvalue weighted by Crippen LogP contribution is 2.21. The molecule has 0 saturated carbocycles. The number of rotatable bonds is 4. The van der Waals surface area contributed by atoms with Gasteiger partial charge in [0.1, 0.15) is 0 Å². The average molecular weight is 225 g/mol. The molecule has 0 amide bonds. The Morgan fingerprint density at radius 3 is 2.38 bits per heavy atom. The van der Waals surface area contributed by atoms with E-state index in [2.05, 4.69) is 25.9 Å². The smallest absolute Gasteiger partial charge is 0.0629 e. The van der Waals surface area contributed by atoms with Gasteiger partial charge in [-0.2, -0.15) is 5.10 Å². The van der Waals surface area contributed by atoms with Crippen molar-refractivity contribution in [1.82, 2.24) is 9.78 Å². The van der Waals surface area contributed by atoms with Crippen LogP contribution in [0.3, 0.4) is 0 Å². The maximum Gasteiger partial charge on any atom is 0.0629 e. The molecule has 1 atom stereocenters. The van der Waals surface area contributed by atoms with E-state index in [1.807, 2.05) is 18.5 Å². The van der Waals surface area contributed by atoms with Crippen molar-refractivity contribution in [2.24, 2.45) is 5.73 Å². The maximum absolute atomic E-state index is 9.20. The summed E-state index contributed by atoms with van der Waals surface area (Å²) in [6.07, 6.45) is 0.661. The average Bonchev–Trinajstić information content (AvgIpc) is 2.45. The molecule has 0 saturated heterocycles. The molecule has 4 nitrogen and oxygen atoms in total. The van der Waals surface area contributed by atoms with Crippen LogP contribution in [-0.2, 0) is 6.42 Å². The second kappa shape index (κ2) is 4.55. The molecule has 1 aromatic rings. The molecule has 0 aromatic carbocycles. The summed E-state index contributed by atoms with van der Waals surface area (Å²) in [6, 6.07) is 0.352. The van der Waals surface area contributed by atoms with Gasteiger partial charge in [-0.15, -0.1) is 0 Å². The number of aryl methyl sites for hydroxylation is 1. The van der Waals surface area contributed by atoms with Crippen LogP contribution in [0.25, 0.3) is 0 Å². The quantitative estimate of drug-likeness (QED) is 0.812. The van der Waals surface area contributed by atoms with Crippen LogP contribution in [0.4, 0.5) is 0 Å². The van der Waals surface area contributed by atoms with Gasteiger partial charge in [0.2, 0.25) is 0 Å².